The molecule has 0 aromatic heterocycles. The van der Waals surface area contributed by atoms with Crippen LogP contribution in [0.3, 0.4) is 0 Å². The zero-order valence-corrected chi connectivity index (χ0v) is 9.64. The summed E-state index contributed by atoms with van der Waals surface area (Å²) in [5.74, 6) is 0.0187. The lowest BCUT2D eigenvalue weighted by molar-refractivity contribution is -0.136. The van der Waals surface area contributed by atoms with Gasteiger partial charge in [0, 0.05) is 6.42 Å². The summed E-state index contributed by atoms with van der Waals surface area (Å²) in [4.78, 5) is 10.6. The predicted molar refractivity (Wildman–Crippen MR) is 66.5 cm³/mol. The highest BCUT2D eigenvalue weighted by Crippen LogP contribution is 2.24. The molecule has 3 nitrogen and oxygen atoms in total. The molecule has 17 heavy (non-hydrogen) atoms. The van der Waals surface area contributed by atoms with E-state index in [-0.39, 0.29) is 6.42 Å². The monoisotopic (exact) mass is 230 g/mol. The van der Waals surface area contributed by atoms with Crippen molar-refractivity contribution < 1.29 is 14.6 Å². The summed E-state index contributed by atoms with van der Waals surface area (Å²) < 4.78 is 5.19. The lowest BCUT2D eigenvalue weighted by Crippen LogP contribution is -1.98. The molecular formula is C14H14O3. The van der Waals surface area contributed by atoms with Crippen LogP contribution in [0.2, 0.25) is 0 Å². The molecular weight excluding hydrogens is 216 g/mol. The predicted octanol–water partition coefficient (Wildman–Crippen LogP) is 2.87. The van der Waals surface area contributed by atoms with Crippen molar-refractivity contribution in [2.45, 2.75) is 12.8 Å². The van der Waals surface area contributed by atoms with E-state index in [1.54, 1.807) is 7.11 Å². The van der Waals surface area contributed by atoms with Crippen molar-refractivity contribution in [3.63, 3.8) is 0 Å². The second-order valence-electron chi connectivity index (χ2n) is 3.90. The number of aliphatic carboxylic acids is 1. The summed E-state index contributed by atoms with van der Waals surface area (Å²) in [6, 6.07) is 11.8. The standard InChI is InChI=1S/C14H14O3/c1-17-12-7-5-10-3-2-4-11(13(10)9-12)6-8-14(15)16/h2-5,7,9H,6,8H2,1H3,(H,15,16). The van der Waals surface area contributed by atoms with Crippen molar-refractivity contribution in [1.29, 1.82) is 0 Å². The Hall–Kier alpha value is -2.03. The van der Waals surface area contributed by atoms with Crippen LogP contribution in [-0.4, -0.2) is 18.2 Å². The number of carboxylic acid groups (broad SMARTS) is 1. The third-order valence-corrected chi connectivity index (χ3v) is 2.79. The topological polar surface area (TPSA) is 46.5 Å². The van der Waals surface area contributed by atoms with Crippen molar-refractivity contribution >= 4 is 16.7 Å². The van der Waals surface area contributed by atoms with Crippen molar-refractivity contribution in [3.8, 4) is 5.75 Å². The van der Waals surface area contributed by atoms with Gasteiger partial charge >= 0.3 is 5.97 Å². The average Bonchev–Trinajstić information content (AvgIpc) is 2.35. The number of rotatable bonds is 4. The second-order valence-corrected chi connectivity index (χ2v) is 3.90. The molecule has 2 aromatic carbocycles. The molecule has 0 aliphatic rings. The molecule has 0 unspecified atom stereocenters. The van der Waals surface area contributed by atoms with Gasteiger partial charge in [-0.05, 0) is 34.9 Å². The van der Waals surface area contributed by atoms with E-state index in [0.717, 1.165) is 22.1 Å². The van der Waals surface area contributed by atoms with E-state index in [2.05, 4.69) is 0 Å². The van der Waals surface area contributed by atoms with Crippen LogP contribution in [0.5, 0.6) is 5.75 Å². The Kier molecular flexibility index (Phi) is 3.28. The maximum Gasteiger partial charge on any atom is 0.303 e. The number of aryl methyl sites for hydroxylation is 1. The molecule has 1 N–H and O–H groups in total. The van der Waals surface area contributed by atoms with E-state index in [1.807, 2.05) is 36.4 Å². The first-order valence-electron chi connectivity index (χ1n) is 5.48. The maximum absolute atomic E-state index is 10.6. The van der Waals surface area contributed by atoms with Crippen molar-refractivity contribution in [2.75, 3.05) is 7.11 Å². The van der Waals surface area contributed by atoms with Crippen LogP contribution in [0, 0.1) is 0 Å². The van der Waals surface area contributed by atoms with Gasteiger partial charge in [-0.15, -0.1) is 0 Å². The molecule has 0 aliphatic heterocycles. The fourth-order valence-corrected chi connectivity index (χ4v) is 1.90. The third-order valence-electron chi connectivity index (χ3n) is 2.79. The molecule has 0 saturated carbocycles. The van der Waals surface area contributed by atoms with Gasteiger partial charge in [0.1, 0.15) is 5.75 Å². The Morgan fingerprint density at radius 3 is 2.82 bits per heavy atom. The van der Waals surface area contributed by atoms with Crippen molar-refractivity contribution in [1.82, 2.24) is 0 Å². The largest absolute Gasteiger partial charge is 0.497 e. The zero-order chi connectivity index (χ0) is 12.3. The smallest absolute Gasteiger partial charge is 0.303 e. The fraction of sp³-hybridized carbons (Fsp3) is 0.214. The number of ether oxygens (including phenoxy) is 1. The van der Waals surface area contributed by atoms with Crippen LogP contribution >= 0.6 is 0 Å². The van der Waals surface area contributed by atoms with Gasteiger partial charge < -0.3 is 9.84 Å². The number of benzene rings is 2. The molecule has 0 spiro atoms. The first-order valence-corrected chi connectivity index (χ1v) is 5.48. The highest BCUT2D eigenvalue weighted by molar-refractivity contribution is 5.87. The molecule has 0 atom stereocenters. The van der Waals surface area contributed by atoms with E-state index in [4.69, 9.17) is 9.84 Å². The van der Waals surface area contributed by atoms with E-state index in [9.17, 15) is 4.79 Å². The number of methoxy groups -OCH3 is 1. The van der Waals surface area contributed by atoms with Gasteiger partial charge in [-0.25, -0.2) is 0 Å². The van der Waals surface area contributed by atoms with E-state index >= 15 is 0 Å². The van der Waals surface area contributed by atoms with Gasteiger partial charge in [0.15, 0.2) is 0 Å². The van der Waals surface area contributed by atoms with E-state index in [0.29, 0.717) is 6.42 Å². The van der Waals surface area contributed by atoms with Crippen molar-refractivity contribution in [3.05, 3.63) is 42.0 Å². The molecule has 0 bridgehead atoms. The maximum atomic E-state index is 10.6. The lowest BCUT2D eigenvalue weighted by Gasteiger charge is -2.07. The molecule has 0 aliphatic carbocycles. The summed E-state index contributed by atoms with van der Waals surface area (Å²) in [5, 5.41) is 10.9. The van der Waals surface area contributed by atoms with Crippen molar-refractivity contribution in [2.24, 2.45) is 0 Å². The summed E-state index contributed by atoms with van der Waals surface area (Å²) >= 11 is 0. The van der Waals surface area contributed by atoms with Gasteiger partial charge in [0.25, 0.3) is 0 Å². The number of carbonyl (C=O) groups is 1. The molecule has 2 rings (SSSR count). The molecule has 0 fully saturated rings. The van der Waals surface area contributed by atoms with Gasteiger partial charge in [0.2, 0.25) is 0 Å². The molecule has 0 amide bonds. The fourth-order valence-electron chi connectivity index (χ4n) is 1.90. The number of carboxylic acids is 1. The van der Waals surface area contributed by atoms with Crippen LogP contribution in [0.15, 0.2) is 36.4 Å². The van der Waals surface area contributed by atoms with Crippen LogP contribution in [0.1, 0.15) is 12.0 Å². The Morgan fingerprint density at radius 2 is 2.12 bits per heavy atom. The number of hydrogen-bond acceptors (Lipinski definition) is 2. The minimum Gasteiger partial charge on any atom is -0.497 e. The first kappa shape index (κ1) is 11.5. The summed E-state index contributed by atoms with van der Waals surface area (Å²) in [5.41, 5.74) is 1.05. The number of hydrogen-bond donors (Lipinski definition) is 1. The molecule has 3 heteroatoms. The summed E-state index contributed by atoms with van der Waals surface area (Å²) in [6.07, 6.45) is 0.691. The zero-order valence-electron chi connectivity index (χ0n) is 9.64. The highest BCUT2D eigenvalue weighted by Gasteiger charge is 2.04. The normalized spacial score (nSPS) is 10.4. The lowest BCUT2D eigenvalue weighted by atomic mass is 10.0. The summed E-state index contributed by atoms with van der Waals surface area (Å²) in [6.45, 7) is 0. The molecule has 0 heterocycles. The van der Waals surface area contributed by atoms with Gasteiger partial charge in [-0.1, -0.05) is 24.3 Å². The quantitative estimate of drug-likeness (QED) is 0.878. The molecule has 2 aromatic rings. The average molecular weight is 230 g/mol. The Balaban J connectivity index is 2.43. The molecule has 0 saturated heterocycles. The summed E-state index contributed by atoms with van der Waals surface area (Å²) in [7, 11) is 1.63. The van der Waals surface area contributed by atoms with Crippen LogP contribution < -0.4 is 4.74 Å². The van der Waals surface area contributed by atoms with E-state index in [1.165, 1.54) is 0 Å². The van der Waals surface area contributed by atoms with Gasteiger partial charge in [-0.2, -0.15) is 0 Å². The number of fused-ring (bicyclic) bond motifs is 1. The Morgan fingerprint density at radius 1 is 1.29 bits per heavy atom. The Bertz CT molecular complexity index is 546. The van der Waals surface area contributed by atoms with Crippen LogP contribution in [0.4, 0.5) is 0 Å². The van der Waals surface area contributed by atoms with Gasteiger partial charge in [-0.3, -0.25) is 4.79 Å². The molecule has 88 valence electrons. The van der Waals surface area contributed by atoms with E-state index < -0.39 is 5.97 Å². The minimum absolute atomic E-state index is 0.149. The van der Waals surface area contributed by atoms with Gasteiger partial charge in [0.05, 0.1) is 7.11 Å². The highest BCUT2D eigenvalue weighted by atomic mass is 16.5. The Labute approximate surface area is 99.6 Å². The second kappa shape index (κ2) is 4.87. The minimum atomic E-state index is -0.773. The first-order chi connectivity index (χ1) is 8.20. The van der Waals surface area contributed by atoms with Crippen LogP contribution in [-0.2, 0) is 11.2 Å². The third kappa shape index (κ3) is 2.56. The van der Waals surface area contributed by atoms with Crippen LogP contribution in [0.25, 0.3) is 10.8 Å². The SMILES string of the molecule is COc1ccc2cccc(CCC(=O)O)c2c1. The molecule has 0 radical (unpaired) electrons.